The first-order valence-electron chi connectivity index (χ1n) is 9.93. The molecular weight excluding hydrogens is 358 g/mol. The van der Waals surface area contributed by atoms with Crippen LogP contribution in [0.4, 0.5) is 0 Å². The lowest BCUT2D eigenvalue weighted by Crippen LogP contribution is -2.50. The molecule has 2 aromatic rings. The van der Waals surface area contributed by atoms with E-state index in [1.807, 2.05) is 33.9 Å². The molecule has 152 valence electrons. The van der Waals surface area contributed by atoms with Gasteiger partial charge in [-0.15, -0.1) is 0 Å². The van der Waals surface area contributed by atoms with E-state index < -0.39 is 5.97 Å². The maximum atomic E-state index is 12.6. The lowest BCUT2D eigenvalue weighted by molar-refractivity contribution is -0.0425. The molecule has 1 aliphatic carbocycles. The van der Waals surface area contributed by atoms with Gasteiger partial charge in [0.2, 0.25) is 11.7 Å². The fraction of sp³-hybridized carbons (Fsp3) is 0.667. The van der Waals surface area contributed by atoms with Gasteiger partial charge >= 0.3 is 5.97 Å². The van der Waals surface area contributed by atoms with E-state index >= 15 is 0 Å². The number of carbonyl (C=O) groups excluding carboxylic acids is 1. The molecule has 0 aromatic carbocycles. The maximum absolute atomic E-state index is 12.6. The fourth-order valence-electron chi connectivity index (χ4n) is 4.79. The number of hydrogen-bond donors (Lipinski definition) is 0. The first kappa shape index (κ1) is 19.2. The lowest BCUT2D eigenvalue weighted by atomic mass is 9.56. The Hall–Kier alpha value is -2.15. The van der Waals surface area contributed by atoms with Crippen molar-refractivity contribution in [1.82, 2.24) is 14.4 Å². The number of ether oxygens (including phenoxy) is 3. The van der Waals surface area contributed by atoms with Crippen LogP contribution >= 0.6 is 0 Å². The van der Waals surface area contributed by atoms with Gasteiger partial charge in [-0.3, -0.25) is 4.40 Å². The van der Waals surface area contributed by atoms with Crippen LogP contribution in [0.5, 0.6) is 5.88 Å². The van der Waals surface area contributed by atoms with E-state index in [9.17, 15) is 4.79 Å². The molecule has 0 unspecified atom stereocenters. The van der Waals surface area contributed by atoms with Crippen molar-refractivity contribution in [1.29, 1.82) is 0 Å². The molecule has 0 spiro atoms. The predicted molar refractivity (Wildman–Crippen MR) is 104 cm³/mol. The van der Waals surface area contributed by atoms with Crippen LogP contribution in [0.15, 0.2) is 12.4 Å². The van der Waals surface area contributed by atoms with E-state index in [2.05, 4.69) is 25.8 Å². The van der Waals surface area contributed by atoms with Gasteiger partial charge in [-0.25, -0.2) is 9.78 Å². The summed E-state index contributed by atoms with van der Waals surface area (Å²) < 4.78 is 19.2. The van der Waals surface area contributed by atoms with Crippen molar-refractivity contribution in [2.24, 2.45) is 0 Å². The normalized spacial score (nSPS) is 28.0. The highest BCUT2D eigenvalue weighted by molar-refractivity contribution is 5.92. The van der Waals surface area contributed by atoms with Crippen molar-refractivity contribution in [3.05, 3.63) is 23.7 Å². The van der Waals surface area contributed by atoms with Gasteiger partial charge < -0.3 is 14.2 Å². The van der Waals surface area contributed by atoms with Crippen molar-refractivity contribution >= 4 is 11.7 Å². The molecule has 2 aromatic heterocycles. The number of esters is 1. The summed E-state index contributed by atoms with van der Waals surface area (Å²) >= 11 is 0. The highest BCUT2D eigenvalue weighted by Gasteiger charge is 2.71. The van der Waals surface area contributed by atoms with Crippen LogP contribution in [0, 0.1) is 0 Å². The van der Waals surface area contributed by atoms with E-state index in [0.29, 0.717) is 11.3 Å². The van der Waals surface area contributed by atoms with Gasteiger partial charge in [0.1, 0.15) is 5.56 Å². The monoisotopic (exact) mass is 387 g/mol. The number of carbonyl (C=O) groups is 1. The summed E-state index contributed by atoms with van der Waals surface area (Å²) in [7, 11) is 0. The molecule has 4 heterocycles. The number of fused-ring (bicyclic) bond motifs is 2. The van der Waals surface area contributed by atoms with Crippen LogP contribution in [-0.4, -0.2) is 43.7 Å². The second kappa shape index (κ2) is 5.92. The minimum atomic E-state index is -0.450. The van der Waals surface area contributed by atoms with E-state index in [1.54, 1.807) is 10.6 Å². The molecule has 5 rings (SSSR count). The molecule has 2 aliphatic heterocycles. The minimum Gasteiger partial charge on any atom is -0.474 e. The molecule has 3 fully saturated rings. The number of hydrogen-bond acceptors (Lipinski definition) is 6. The van der Waals surface area contributed by atoms with E-state index in [-0.39, 0.29) is 34.7 Å². The van der Waals surface area contributed by atoms with Gasteiger partial charge in [-0.05, 0) is 61.3 Å². The summed E-state index contributed by atoms with van der Waals surface area (Å²) in [4.78, 5) is 21.9. The van der Waals surface area contributed by atoms with Gasteiger partial charge in [0, 0.05) is 17.8 Å². The minimum absolute atomic E-state index is 0.0785. The van der Waals surface area contributed by atoms with Gasteiger partial charge in [-0.1, -0.05) is 0 Å². The average molecular weight is 387 g/mol. The molecular formula is C21H29N3O4. The molecule has 0 amide bonds. The Morgan fingerprint density at radius 2 is 1.79 bits per heavy atom. The van der Waals surface area contributed by atoms with E-state index in [0.717, 1.165) is 18.5 Å². The fourth-order valence-corrected chi connectivity index (χ4v) is 4.79. The molecule has 3 aliphatic rings. The molecule has 28 heavy (non-hydrogen) atoms. The first-order valence-corrected chi connectivity index (χ1v) is 9.93. The smallest absolute Gasteiger partial charge is 0.345 e. The average Bonchev–Trinajstić information content (AvgIpc) is 3.07. The predicted octanol–water partition coefficient (Wildman–Crippen LogP) is 3.68. The highest BCUT2D eigenvalue weighted by atomic mass is 16.5. The topological polar surface area (TPSA) is 75.0 Å². The number of nitrogens with zero attached hydrogens (tertiary/aromatic N) is 3. The first-order chi connectivity index (χ1) is 12.9. The zero-order valence-electron chi connectivity index (χ0n) is 17.7. The van der Waals surface area contributed by atoms with E-state index in [4.69, 9.17) is 19.2 Å². The Balaban J connectivity index is 1.79. The molecule has 0 radical (unpaired) electrons. The second-order valence-electron chi connectivity index (χ2n) is 9.41. The van der Waals surface area contributed by atoms with Gasteiger partial charge in [0.05, 0.1) is 29.1 Å². The van der Waals surface area contributed by atoms with Crippen LogP contribution in [0.1, 0.15) is 77.4 Å². The zero-order valence-corrected chi connectivity index (χ0v) is 17.7. The van der Waals surface area contributed by atoms with Crippen molar-refractivity contribution in [3.8, 4) is 5.88 Å². The summed E-state index contributed by atoms with van der Waals surface area (Å²) in [6, 6.07) is 0. The van der Waals surface area contributed by atoms with Crippen molar-refractivity contribution in [2.45, 2.75) is 90.1 Å². The van der Waals surface area contributed by atoms with Crippen LogP contribution in [0.3, 0.4) is 0 Å². The highest BCUT2D eigenvalue weighted by Crippen LogP contribution is 2.66. The SMILES string of the molecule is CC(C)OC(=O)c1cn2cc(C34CC(C)(C3)OC4(C)C)nc2nc1OC(C)C. The third-order valence-electron chi connectivity index (χ3n) is 5.82. The molecule has 2 bridgehead atoms. The standard InChI is InChI=1S/C21H29N3O4/c1-12(2)26-16-14(17(25)27-13(3)4)8-24-9-15(22-18(24)23-16)21-10-20(7,11-21)28-19(21,5)6/h8-9,12-13H,10-11H2,1-7H3. The molecule has 0 atom stereocenters. The van der Waals surface area contributed by atoms with Gasteiger partial charge in [0.15, 0.2) is 0 Å². The molecule has 7 nitrogen and oxygen atoms in total. The summed E-state index contributed by atoms with van der Waals surface area (Å²) in [6.07, 6.45) is 5.20. The van der Waals surface area contributed by atoms with Crippen LogP contribution in [-0.2, 0) is 14.9 Å². The molecule has 7 heteroatoms. The number of rotatable bonds is 5. The van der Waals surface area contributed by atoms with Crippen LogP contribution in [0.2, 0.25) is 0 Å². The van der Waals surface area contributed by atoms with Crippen LogP contribution < -0.4 is 4.74 Å². The van der Waals surface area contributed by atoms with Crippen LogP contribution in [0.25, 0.3) is 5.78 Å². The third-order valence-corrected chi connectivity index (χ3v) is 5.82. The Morgan fingerprint density at radius 3 is 2.32 bits per heavy atom. The van der Waals surface area contributed by atoms with Crippen molar-refractivity contribution in [2.75, 3.05) is 0 Å². The lowest BCUT2D eigenvalue weighted by Gasteiger charge is -2.44. The summed E-state index contributed by atoms with van der Waals surface area (Å²) in [5, 5.41) is 0. The second-order valence-corrected chi connectivity index (χ2v) is 9.41. The zero-order chi connectivity index (χ0) is 20.5. The Bertz CT molecular complexity index is 939. The Morgan fingerprint density at radius 1 is 1.11 bits per heavy atom. The molecule has 1 saturated carbocycles. The van der Waals surface area contributed by atoms with Gasteiger partial charge in [0.25, 0.3) is 0 Å². The third kappa shape index (κ3) is 2.79. The number of imidazole rings is 1. The number of aromatic nitrogens is 3. The van der Waals surface area contributed by atoms with E-state index in [1.165, 1.54) is 0 Å². The molecule has 2 saturated heterocycles. The maximum Gasteiger partial charge on any atom is 0.345 e. The quantitative estimate of drug-likeness (QED) is 0.729. The summed E-state index contributed by atoms with van der Waals surface area (Å²) in [6.45, 7) is 13.8. The Labute approximate surface area is 165 Å². The van der Waals surface area contributed by atoms with Crippen molar-refractivity contribution < 1.29 is 19.0 Å². The van der Waals surface area contributed by atoms with Gasteiger partial charge in [-0.2, -0.15) is 4.98 Å². The molecule has 0 N–H and O–H groups in total. The largest absolute Gasteiger partial charge is 0.474 e. The Kier molecular flexibility index (Phi) is 4.06. The summed E-state index contributed by atoms with van der Waals surface area (Å²) in [5.41, 5.74) is 0.746. The summed E-state index contributed by atoms with van der Waals surface area (Å²) in [5.74, 6) is 0.315. The van der Waals surface area contributed by atoms with Crippen molar-refractivity contribution in [3.63, 3.8) is 0 Å².